The topological polar surface area (TPSA) is 59.4 Å². The minimum atomic E-state index is -4.41. The quantitative estimate of drug-likeness (QED) is 0.934. The number of carbonyl (C=O) groups is 1. The number of rotatable bonds is 4. The van der Waals surface area contributed by atoms with Crippen molar-refractivity contribution in [2.45, 2.75) is 12.8 Å². The molecule has 1 N–H and O–H groups in total. The zero-order chi connectivity index (χ0) is 15.6. The third kappa shape index (κ3) is 3.40. The number of benzene rings is 1. The highest BCUT2D eigenvalue weighted by atomic mass is 32.1. The number of carboxylic acid groups (broad SMARTS) is 1. The summed E-state index contributed by atoms with van der Waals surface area (Å²) in [5.41, 5.74) is -0.0823. The summed E-state index contributed by atoms with van der Waals surface area (Å²) in [7, 11) is 1.41. The lowest BCUT2D eigenvalue weighted by Gasteiger charge is -2.06. The van der Waals surface area contributed by atoms with E-state index in [1.165, 1.54) is 19.2 Å². The summed E-state index contributed by atoms with van der Waals surface area (Å²) < 4.78 is 42.3. The number of aromatic nitrogens is 1. The minimum Gasteiger partial charge on any atom is -0.477 e. The molecule has 0 aliphatic heterocycles. The van der Waals surface area contributed by atoms with E-state index in [-0.39, 0.29) is 17.2 Å². The van der Waals surface area contributed by atoms with Gasteiger partial charge >= 0.3 is 12.1 Å². The van der Waals surface area contributed by atoms with E-state index in [9.17, 15) is 18.0 Å². The van der Waals surface area contributed by atoms with Crippen LogP contribution in [0.4, 0.5) is 13.2 Å². The van der Waals surface area contributed by atoms with E-state index in [2.05, 4.69) is 4.98 Å². The first-order valence-electron chi connectivity index (χ1n) is 5.72. The first kappa shape index (κ1) is 15.5. The normalized spacial score (nSPS) is 11.6. The van der Waals surface area contributed by atoms with Crippen molar-refractivity contribution in [3.05, 3.63) is 40.4 Å². The lowest BCUT2D eigenvalue weighted by atomic mass is 10.1. The molecular formula is C13H10F3NO3S. The standard InChI is InChI=1S/C13H10F3NO3S/c1-20-6-9-10(12(18)19)21-11(17-9)7-2-4-8(5-3-7)13(14,15)16/h2-5H,6H2,1H3,(H,18,19). The van der Waals surface area contributed by atoms with Crippen LogP contribution < -0.4 is 0 Å². The summed E-state index contributed by atoms with van der Waals surface area (Å²) in [5.74, 6) is -1.14. The van der Waals surface area contributed by atoms with Gasteiger partial charge in [-0.05, 0) is 12.1 Å². The Bertz CT molecular complexity index is 650. The van der Waals surface area contributed by atoms with Crippen LogP contribution in [0.5, 0.6) is 0 Å². The first-order chi connectivity index (χ1) is 9.82. The minimum absolute atomic E-state index is 0.0201. The molecule has 2 aromatic rings. The average molecular weight is 317 g/mol. The molecule has 4 nitrogen and oxygen atoms in total. The third-order valence-corrected chi connectivity index (χ3v) is 3.77. The Labute approximate surface area is 121 Å². The van der Waals surface area contributed by atoms with Crippen molar-refractivity contribution >= 4 is 17.3 Å². The third-order valence-electron chi connectivity index (χ3n) is 2.63. The number of carboxylic acids is 1. The molecule has 0 aliphatic carbocycles. The van der Waals surface area contributed by atoms with Gasteiger partial charge in [0.2, 0.25) is 0 Å². The molecular weight excluding hydrogens is 307 g/mol. The Morgan fingerprint density at radius 3 is 2.43 bits per heavy atom. The maximum absolute atomic E-state index is 12.5. The number of ether oxygens (including phenoxy) is 1. The largest absolute Gasteiger partial charge is 0.477 e. The number of thiazole rings is 1. The summed E-state index contributed by atoms with van der Waals surface area (Å²) in [6.07, 6.45) is -4.41. The van der Waals surface area contributed by atoms with Gasteiger partial charge in [0, 0.05) is 12.7 Å². The zero-order valence-corrected chi connectivity index (χ0v) is 11.6. The summed E-state index contributed by atoms with van der Waals surface area (Å²) in [4.78, 5) is 15.2. The summed E-state index contributed by atoms with van der Waals surface area (Å²) in [5, 5.41) is 9.41. The highest BCUT2D eigenvalue weighted by molar-refractivity contribution is 7.17. The monoisotopic (exact) mass is 317 g/mol. The molecule has 0 saturated carbocycles. The number of alkyl halides is 3. The molecule has 21 heavy (non-hydrogen) atoms. The van der Waals surface area contributed by atoms with Crippen LogP contribution in [0, 0.1) is 0 Å². The highest BCUT2D eigenvalue weighted by Gasteiger charge is 2.30. The molecule has 0 spiro atoms. The van der Waals surface area contributed by atoms with Gasteiger partial charge in [0.05, 0.1) is 17.9 Å². The number of hydrogen-bond donors (Lipinski definition) is 1. The van der Waals surface area contributed by atoms with Crippen LogP contribution >= 0.6 is 11.3 Å². The Hall–Kier alpha value is -1.93. The zero-order valence-electron chi connectivity index (χ0n) is 10.8. The molecule has 0 saturated heterocycles. The van der Waals surface area contributed by atoms with Crippen molar-refractivity contribution in [3.8, 4) is 10.6 Å². The SMILES string of the molecule is COCc1nc(-c2ccc(C(F)(F)F)cc2)sc1C(=O)O. The Morgan fingerprint density at radius 1 is 1.33 bits per heavy atom. The van der Waals surface area contributed by atoms with Crippen molar-refractivity contribution in [2.24, 2.45) is 0 Å². The van der Waals surface area contributed by atoms with E-state index in [1.807, 2.05) is 0 Å². The van der Waals surface area contributed by atoms with Crippen LogP contribution in [-0.2, 0) is 17.5 Å². The molecule has 0 bridgehead atoms. The predicted octanol–water partition coefficient (Wildman–Crippen LogP) is 3.67. The highest BCUT2D eigenvalue weighted by Crippen LogP contribution is 2.33. The molecule has 0 aliphatic rings. The van der Waals surface area contributed by atoms with Gasteiger partial charge in [-0.2, -0.15) is 13.2 Å². The Morgan fingerprint density at radius 2 is 1.95 bits per heavy atom. The van der Waals surface area contributed by atoms with Gasteiger partial charge in [-0.25, -0.2) is 9.78 Å². The summed E-state index contributed by atoms with van der Waals surface area (Å²) in [6.45, 7) is 0.0266. The Kier molecular flexibility index (Phi) is 4.29. The fourth-order valence-corrected chi connectivity index (χ4v) is 2.59. The average Bonchev–Trinajstić information content (AvgIpc) is 2.82. The van der Waals surface area contributed by atoms with E-state index in [0.29, 0.717) is 10.6 Å². The molecule has 1 aromatic heterocycles. The van der Waals surface area contributed by atoms with Crippen LogP contribution in [0.15, 0.2) is 24.3 Å². The van der Waals surface area contributed by atoms with Gasteiger partial charge < -0.3 is 9.84 Å². The number of nitrogens with zero attached hydrogens (tertiary/aromatic N) is 1. The molecule has 1 heterocycles. The van der Waals surface area contributed by atoms with Crippen molar-refractivity contribution < 1.29 is 27.8 Å². The number of aromatic carboxylic acids is 1. The van der Waals surface area contributed by atoms with Crippen LogP contribution in [0.2, 0.25) is 0 Å². The van der Waals surface area contributed by atoms with E-state index in [0.717, 1.165) is 23.5 Å². The van der Waals surface area contributed by atoms with Gasteiger partial charge in [0.25, 0.3) is 0 Å². The van der Waals surface area contributed by atoms with Crippen molar-refractivity contribution in [2.75, 3.05) is 7.11 Å². The van der Waals surface area contributed by atoms with Crippen LogP contribution in [0.3, 0.4) is 0 Å². The van der Waals surface area contributed by atoms with Crippen LogP contribution in [0.25, 0.3) is 10.6 Å². The molecule has 0 amide bonds. The lowest BCUT2D eigenvalue weighted by molar-refractivity contribution is -0.137. The second kappa shape index (κ2) is 5.82. The number of halogens is 3. The fourth-order valence-electron chi connectivity index (χ4n) is 1.68. The molecule has 0 unspecified atom stereocenters. The maximum Gasteiger partial charge on any atom is 0.416 e. The van der Waals surface area contributed by atoms with E-state index >= 15 is 0 Å². The lowest BCUT2D eigenvalue weighted by Crippen LogP contribution is -2.03. The second-order valence-electron chi connectivity index (χ2n) is 4.11. The Balaban J connectivity index is 2.38. The van der Waals surface area contributed by atoms with Gasteiger partial charge in [-0.3, -0.25) is 0 Å². The first-order valence-corrected chi connectivity index (χ1v) is 6.54. The second-order valence-corrected chi connectivity index (χ2v) is 5.11. The predicted molar refractivity (Wildman–Crippen MR) is 70.2 cm³/mol. The van der Waals surface area contributed by atoms with Crippen molar-refractivity contribution in [1.82, 2.24) is 4.98 Å². The van der Waals surface area contributed by atoms with Gasteiger partial charge in [-0.1, -0.05) is 12.1 Å². The van der Waals surface area contributed by atoms with E-state index in [1.54, 1.807) is 0 Å². The summed E-state index contributed by atoms with van der Waals surface area (Å²) >= 11 is 0.902. The number of methoxy groups -OCH3 is 1. The molecule has 112 valence electrons. The number of hydrogen-bond acceptors (Lipinski definition) is 4. The van der Waals surface area contributed by atoms with Gasteiger partial charge in [0.1, 0.15) is 9.88 Å². The molecule has 0 fully saturated rings. The fraction of sp³-hybridized carbons (Fsp3) is 0.231. The molecule has 8 heteroatoms. The molecule has 1 aromatic carbocycles. The van der Waals surface area contributed by atoms with E-state index in [4.69, 9.17) is 9.84 Å². The van der Waals surface area contributed by atoms with Crippen LogP contribution in [-0.4, -0.2) is 23.2 Å². The van der Waals surface area contributed by atoms with Crippen LogP contribution in [0.1, 0.15) is 20.9 Å². The smallest absolute Gasteiger partial charge is 0.416 e. The molecule has 2 rings (SSSR count). The molecule has 0 atom stereocenters. The molecule has 0 radical (unpaired) electrons. The summed E-state index contributed by atoms with van der Waals surface area (Å²) in [6, 6.07) is 4.41. The van der Waals surface area contributed by atoms with Crippen molar-refractivity contribution in [3.63, 3.8) is 0 Å². The maximum atomic E-state index is 12.5. The van der Waals surface area contributed by atoms with Crippen molar-refractivity contribution in [1.29, 1.82) is 0 Å². The van der Waals surface area contributed by atoms with Gasteiger partial charge in [-0.15, -0.1) is 11.3 Å². The van der Waals surface area contributed by atoms with E-state index < -0.39 is 17.7 Å². The van der Waals surface area contributed by atoms with Gasteiger partial charge in [0.15, 0.2) is 0 Å².